The summed E-state index contributed by atoms with van der Waals surface area (Å²) in [7, 11) is 1.48. The van der Waals surface area contributed by atoms with E-state index in [-0.39, 0.29) is 12.5 Å². The maximum atomic E-state index is 12.2. The normalized spacial score (nSPS) is 10.5. The van der Waals surface area contributed by atoms with E-state index in [4.69, 9.17) is 9.47 Å². The van der Waals surface area contributed by atoms with E-state index in [0.29, 0.717) is 22.6 Å². The molecular formula is C24H23N3O4. The predicted molar refractivity (Wildman–Crippen MR) is 120 cm³/mol. The fourth-order valence-electron chi connectivity index (χ4n) is 2.74. The van der Waals surface area contributed by atoms with Gasteiger partial charge in [0.1, 0.15) is 0 Å². The molecule has 0 aliphatic rings. The first-order valence-electron chi connectivity index (χ1n) is 9.63. The largest absolute Gasteiger partial charge is 0.493 e. The summed E-state index contributed by atoms with van der Waals surface area (Å²) < 4.78 is 10.7. The zero-order valence-corrected chi connectivity index (χ0v) is 17.3. The molecule has 31 heavy (non-hydrogen) atoms. The van der Waals surface area contributed by atoms with Crippen LogP contribution < -0.4 is 20.2 Å². The standard InChI is InChI=1S/C24H23N3O4/c1-17-7-6-10-20(13-17)25-16-23(28)27-26-15-18-11-12-21(22(14-18)30-2)31-24(29)19-8-4-3-5-9-19/h3-15,25H,16H2,1-2H3,(H,27,28)/b26-15+. The molecule has 0 spiro atoms. The van der Waals surface area contributed by atoms with Crippen LogP contribution in [0.25, 0.3) is 0 Å². The summed E-state index contributed by atoms with van der Waals surface area (Å²) in [6, 6.07) is 21.4. The third kappa shape index (κ3) is 6.43. The maximum Gasteiger partial charge on any atom is 0.343 e. The minimum Gasteiger partial charge on any atom is -0.493 e. The monoisotopic (exact) mass is 417 g/mol. The SMILES string of the molecule is COc1cc(/C=N/NC(=O)CNc2cccc(C)c2)ccc1OC(=O)c1ccccc1. The molecule has 7 nitrogen and oxygen atoms in total. The van der Waals surface area contributed by atoms with E-state index in [1.807, 2.05) is 37.3 Å². The van der Waals surface area contributed by atoms with Crippen molar-refractivity contribution in [3.63, 3.8) is 0 Å². The predicted octanol–water partition coefficient (Wildman–Crippen LogP) is 3.79. The summed E-state index contributed by atoms with van der Waals surface area (Å²) in [6.07, 6.45) is 1.48. The number of nitrogens with zero attached hydrogens (tertiary/aromatic N) is 1. The molecule has 0 fully saturated rings. The number of anilines is 1. The summed E-state index contributed by atoms with van der Waals surface area (Å²) >= 11 is 0. The number of aryl methyl sites for hydroxylation is 1. The van der Waals surface area contributed by atoms with Crippen molar-refractivity contribution in [2.45, 2.75) is 6.92 Å². The highest BCUT2D eigenvalue weighted by Crippen LogP contribution is 2.28. The molecule has 0 unspecified atom stereocenters. The van der Waals surface area contributed by atoms with E-state index in [2.05, 4.69) is 15.8 Å². The molecule has 0 heterocycles. The molecule has 3 rings (SSSR count). The first-order chi connectivity index (χ1) is 15.0. The van der Waals surface area contributed by atoms with Gasteiger partial charge in [0.05, 0.1) is 25.4 Å². The molecule has 0 aliphatic carbocycles. The second-order valence-electron chi connectivity index (χ2n) is 6.68. The van der Waals surface area contributed by atoms with Gasteiger partial charge in [0.25, 0.3) is 5.91 Å². The van der Waals surface area contributed by atoms with Crippen LogP contribution in [0.5, 0.6) is 11.5 Å². The van der Waals surface area contributed by atoms with Gasteiger partial charge in [0.2, 0.25) is 0 Å². The minimum absolute atomic E-state index is 0.0957. The minimum atomic E-state index is -0.478. The van der Waals surface area contributed by atoms with Crippen LogP contribution in [0.15, 0.2) is 77.9 Å². The molecule has 0 bridgehead atoms. The molecule has 2 N–H and O–H groups in total. The Morgan fingerprint density at radius 2 is 1.77 bits per heavy atom. The number of amides is 1. The van der Waals surface area contributed by atoms with Crippen LogP contribution >= 0.6 is 0 Å². The van der Waals surface area contributed by atoms with Gasteiger partial charge in [-0.3, -0.25) is 4.79 Å². The first kappa shape index (κ1) is 21.6. The van der Waals surface area contributed by atoms with Crippen molar-refractivity contribution in [1.82, 2.24) is 5.43 Å². The Labute approximate surface area is 180 Å². The molecule has 158 valence electrons. The van der Waals surface area contributed by atoms with E-state index < -0.39 is 5.97 Å². The Bertz CT molecular complexity index is 1080. The summed E-state index contributed by atoms with van der Waals surface area (Å²) in [6.45, 7) is 2.08. The summed E-state index contributed by atoms with van der Waals surface area (Å²) in [5.41, 5.74) is 5.55. The Morgan fingerprint density at radius 3 is 2.52 bits per heavy atom. The van der Waals surface area contributed by atoms with Crippen molar-refractivity contribution in [2.24, 2.45) is 5.10 Å². The molecule has 0 aliphatic heterocycles. The molecule has 1 amide bonds. The highest BCUT2D eigenvalue weighted by Gasteiger charge is 2.12. The lowest BCUT2D eigenvalue weighted by Crippen LogP contribution is -2.25. The van der Waals surface area contributed by atoms with E-state index in [0.717, 1.165) is 11.3 Å². The van der Waals surface area contributed by atoms with Crippen LogP contribution in [0, 0.1) is 6.92 Å². The number of benzene rings is 3. The summed E-state index contributed by atoms with van der Waals surface area (Å²) in [5, 5.41) is 6.99. The average molecular weight is 417 g/mol. The number of nitrogens with one attached hydrogen (secondary N) is 2. The van der Waals surface area contributed by atoms with Crippen LogP contribution in [-0.2, 0) is 4.79 Å². The fraction of sp³-hybridized carbons (Fsp3) is 0.125. The second kappa shape index (κ2) is 10.6. The topological polar surface area (TPSA) is 89.0 Å². The van der Waals surface area contributed by atoms with Crippen LogP contribution in [0.2, 0.25) is 0 Å². The number of rotatable bonds is 8. The Morgan fingerprint density at radius 1 is 0.968 bits per heavy atom. The third-order valence-electron chi connectivity index (χ3n) is 4.27. The highest BCUT2D eigenvalue weighted by atomic mass is 16.6. The fourth-order valence-corrected chi connectivity index (χ4v) is 2.74. The first-order valence-corrected chi connectivity index (χ1v) is 9.63. The Kier molecular flexibility index (Phi) is 7.37. The molecule has 0 aromatic heterocycles. The van der Waals surface area contributed by atoms with Gasteiger partial charge < -0.3 is 14.8 Å². The summed E-state index contributed by atoms with van der Waals surface area (Å²) in [4.78, 5) is 24.2. The van der Waals surface area contributed by atoms with Crippen molar-refractivity contribution in [1.29, 1.82) is 0 Å². The zero-order valence-electron chi connectivity index (χ0n) is 17.3. The van der Waals surface area contributed by atoms with E-state index in [1.54, 1.807) is 42.5 Å². The van der Waals surface area contributed by atoms with E-state index >= 15 is 0 Å². The summed E-state index contributed by atoms with van der Waals surface area (Å²) in [5.74, 6) is -0.0904. The van der Waals surface area contributed by atoms with Crippen LogP contribution in [0.3, 0.4) is 0 Å². The van der Waals surface area contributed by atoms with Gasteiger partial charge >= 0.3 is 5.97 Å². The number of hydrazone groups is 1. The van der Waals surface area contributed by atoms with Crippen molar-refractivity contribution < 1.29 is 19.1 Å². The van der Waals surface area contributed by atoms with Gasteiger partial charge in [0, 0.05) is 5.69 Å². The van der Waals surface area contributed by atoms with Crippen LogP contribution in [0.1, 0.15) is 21.5 Å². The molecule has 3 aromatic carbocycles. The second-order valence-corrected chi connectivity index (χ2v) is 6.68. The van der Waals surface area contributed by atoms with Gasteiger partial charge in [0.15, 0.2) is 11.5 Å². The number of methoxy groups -OCH3 is 1. The number of ether oxygens (including phenoxy) is 2. The molecule has 7 heteroatoms. The molecule has 0 saturated heterocycles. The van der Waals surface area contributed by atoms with Gasteiger partial charge in [-0.2, -0.15) is 5.10 Å². The molecular weight excluding hydrogens is 394 g/mol. The molecule has 0 saturated carbocycles. The Hall–Kier alpha value is -4.13. The van der Waals surface area contributed by atoms with Crippen molar-refractivity contribution in [3.8, 4) is 11.5 Å². The number of carbonyl (C=O) groups excluding carboxylic acids is 2. The number of hydrogen-bond donors (Lipinski definition) is 2. The lowest BCUT2D eigenvalue weighted by atomic mass is 10.2. The number of hydrogen-bond acceptors (Lipinski definition) is 6. The number of esters is 1. The Balaban J connectivity index is 1.55. The van der Waals surface area contributed by atoms with Crippen molar-refractivity contribution in [3.05, 3.63) is 89.5 Å². The van der Waals surface area contributed by atoms with Crippen LogP contribution in [0.4, 0.5) is 5.69 Å². The van der Waals surface area contributed by atoms with Crippen LogP contribution in [-0.4, -0.2) is 31.7 Å². The molecule has 0 atom stereocenters. The van der Waals surface area contributed by atoms with E-state index in [1.165, 1.54) is 13.3 Å². The van der Waals surface area contributed by atoms with Crippen molar-refractivity contribution in [2.75, 3.05) is 19.0 Å². The van der Waals surface area contributed by atoms with Crippen molar-refractivity contribution >= 4 is 23.8 Å². The van der Waals surface area contributed by atoms with Gasteiger partial charge in [-0.15, -0.1) is 0 Å². The highest BCUT2D eigenvalue weighted by molar-refractivity contribution is 5.91. The molecule has 3 aromatic rings. The lowest BCUT2D eigenvalue weighted by molar-refractivity contribution is -0.119. The van der Waals surface area contributed by atoms with Gasteiger partial charge in [-0.1, -0.05) is 30.3 Å². The smallest absolute Gasteiger partial charge is 0.343 e. The average Bonchev–Trinajstić information content (AvgIpc) is 2.79. The van der Waals surface area contributed by atoms with Gasteiger partial charge in [-0.25, -0.2) is 10.2 Å². The molecule has 0 radical (unpaired) electrons. The third-order valence-corrected chi connectivity index (χ3v) is 4.27. The quantitative estimate of drug-likeness (QED) is 0.252. The zero-order chi connectivity index (χ0) is 22.1. The van der Waals surface area contributed by atoms with Gasteiger partial charge in [-0.05, 0) is 60.5 Å². The lowest BCUT2D eigenvalue weighted by Gasteiger charge is -2.10. The van der Waals surface area contributed by atoms with E-state index in [9.17, 15) is 9.59 Å². The maximum absolute atomic E-state index is 12.2. The number of carbonyl (C=O) groups is 2.